The van der Waals surface area contributed by atoms with Gasteiger partial charge in [0.15, 0.2) is 0 Å². The zero-order valence-electron chi connectivity index (χ0n) is 9.82. The van der Waals surface area contributed by atoms with Gasteiger partial charge < -0.3 is 9.88 Å². The molecule has 0 unspecified atom stereocenters. The summed E-state index contributed by atoms with van der Waals surface area (Å²) in [6, 6.07) is 8.08. The van der Waals surface area contributed by atoms with Crippen molar-refractivity contribution in [2.45, 2.75) is 19.9 Å². The molecule has 84 valence electrons. The molecule has 0 bridgehead atoms. The SMILES string of the molecule is CC(C)NC(=O)c1cn(C)c2ccccc12. The second-order valence-electron chi connectivity index (χ2n) is 4.30. The van der Waals surface area contributed by atoms with Crippen LogP contribution in [-0.4, -0.2) is 16.5 Å². The standard InChI is InChI=1S/C13H16N2O/c1-9(2)14-13(16)11-8-15(3)12-7-5-4-6-10(11)12/h4-9H,1-3H3,(H,14,16). The molecule has 0 radical (unpaired) electrons. The quantitative estimate of drug-likeness (QED) is 0.821. The number of amides is 1. The summed E-state index contributed by atoms with van der Waals surface area (Å²) in [6.07, 6.45) is 1.88. The highest BCUT2D eigenvalue weighted by atomic mass is 16.1. The van der Waals surface area contributed by atoms with E-state index in [1.807, 2.05) is 55.9 Å². The number of aromatic nitrogens is 1. The normalized spacial score (nSPS) is 11.0. The van der Waals surface area contributed by atoms with Crippen molar-refractivity contribution in [2.24, 2.45) is 7.05 Å². The highest BCUT2D eigenvalue weighted by molar-refractivity contribution is 6.07. The number of benzene rings is 1. The van der Waals surface area contributed by atoms with Gasteiger partial charge in [-0.3, -0.25) is 4.79 Å². The minimum absolute atomic E-state index is 0.00759. The maximum absolute atomic E-state index is 12.0. The second-order valence-corrected chi connectivity index (χ2v) is 4.30. The van der Waals surface area contributed by atoms with Gasteiger partial charge in [0, 0.05) is 30.2 Å². The van der Waals surface area contributed by atoms with Gasteiger partial charge in [-0.1, -0.05) is 18.2 Å². The number of carbonyl (C=O) groups excluding carboxylic acids is 1. The Balaban J connectivity index is 2.49. The third-order valence-electron chi connectivity index (χ3n) is 2.56. The van der Waals surface area contributed by atoms with Crippen LogP contribution in [0, 0.1) is 0 Å². The fourth-order valence-corrected chi connectivity index (χ4v) is 1.86. The first-order chi connectivity index (χ1) is 7.59. The van der Waals surface area contributed by atoms with Crippen LogP contribution in [0.3, 0.4) is 0 Å². The topological polar surface area (TPSA) is 34.0 Å². The van der Waals surface area contributed by atoms with Crippen LogP contribution in [-0.2, 0) is 7.05 Å². The van der Waals surface area contributed by atoms with Gasteiger partial charge in [-0.25, -0.2) is 0 Å². The Morgan fingerprint density at radius 2 is 2.00 bits per heavy atom. The first kappa shape index (κ1) is 10.7. The van der Waals surface area contributed by atoms with Crippen molar-refractivity contribution in [3.63, 3.8) is 0 Å². The summed E-state index contributed by atoms with van der Waals surface area (Å²) >= 11 is 0. The smallest absolute Gasteiger partial charge is 0.253 e. The Labute approximate surface area is 95.1 Å². The lowest BCUT2D eigenvalue weighted by Gasteiger charge is -2.06. The molecule has 1 heterocycles. The summed E-state index contributed by atoms with van der Waals surface area (Å²) in [5.74, 6) is -0.00759. The molecule has 3 nitrogen and oxygen atoms in total. The summed E-state index contributed by atoms with van der Waals surface area (Å²) in [5, 5.41) is 3.92. The van der Waals surface area contributed by atoms with Crippen LogP contribution in [0.2, 0.25) is 0 Å². The van der Waals surface area contributed by atoms with E-state index in [0.717, 1.165) is 16.5 Å². The van der Waals surface area contributed by atoms with Crippen molar-refractivity contribution in [3.05, 3.63) is 36.0 Å². The Bertz CT molecular complexity index is 526. The van der Waals surface area contributed by atoms with E-state index in [4.69, 9.17) is 0 Å². The maximum Gasteiger partial charge on any atom is 0.253 e. The number of para-hydroxylation sites is 1. The Morgan fingerprint density at radius 3 is 2.69 bits per heavy atom. The molecule has 0 fully saturated rings. The molecule has 1 aromatic carbocycles. The highest BCUT2D eigenvalue weighted by Gasteiger charge is 2.13. The molecule has 0 aliphatic carbocycles. The number of nitrogens with one attached hydrogen (secondary N) is 1. The Morgan fingerprint density at radius 1 is 1.31 bits per heavy atom. The number of nitrogens with zero attached hydrogens (tertiary/aromatic N) is 1. The monoisotopic (exact) mass is 216 g/mol. The van der Waals surface area contributed by atoms with Crippen LogP contribution in [0.4, 0.5) is 0 Å². The van der Waals surface area contributed by atoms with Crippen molar-refractivity contribution in [2.75, 3.05) is 0 Å². The number of fused-ring (bicyclic) bond motifs is 1. The predicted octanol–water partition coefficient (Wildman–Crippen LogP) is 2.32. The van der Waals surface area contributed by atoms with Gasteiger partial charge in [-0.05, 0) is 19.9 Å². The lowest BCUT2D eigenvalue weighted by atomic mass is 10.1. The molecule has 0 atom stereocenters. The van der Waals surface area contributed by atoms with Crippen LogP contribution in [0.1, 0.15) is 24.2 Å². The first-order valence-electron chi connectivity index (χ1n) is 5.44. The summed E-state index contributed by atoms with van der Waals surface area (Å²) in [7, 11) is 1.95. The summed E-state index contributed by atoms with van der Waals surface area (Å²) in [5.41, 5.74) is 1.82. The molecule has 0 spiro atoms. The van der Waals surface area contributed by atoms with Gasteiger partial charge in [0.25, 0.3) is 5.91 Å². The van der Waals surface area contributed by atoms with E-state index in [2.05, 4.69) is 5.32 Å². The summed E-state index contributed by atoms with van der Waals surface area (Å²) in [4.78, 5) is 12.0. The van der Waals surface area contributed by atoms with Crippen molar-refractivity contribution < 1.29 is 4.79 Å². The fraction of sp³-hybridized carbons (Fsp3) is 0.308. The predicted molar refractivity (Wildman–Crippen MR) is 65.5 cm³/mol. The molecule has 2 aromatic rings. The van der Waals surface area contributed by atoms with Crippen LogP contribution < -0.4 is 5.32 Å². The van der Waals surface area contributed by atoms with Crippen molar-refractivity contribution in [3.8, 4) is 0 Å². The molecule has 2 rings (SSSR count). The zero-order valence-corrected chi connectivity index (χ0v) is 9.82. The van der Waals surface area contributed by atoms with Crippen LogP contribution >= 0.6 is 0 Å². The average molecular weight is 216 g/mol. The van der Waals surface area contributed by atoms with Gasteiger partial charge in [-0.15, -0.1) is 0 Å². The van der Waals surface area contributed by atoms with E-state index < -0.39 is 0 Å². The van der Waals surface area contributed by atoms with E-state index in [0.29, 0.717) is 0 Å². The van der Waals surface area contributed by atoms with Crippen LogP contribution in [0.15, 0.2) is 30.5 Å². The minimum atomic E-state index is -0.00759. The molecular formula is C13H16N2O. The Hall–Kier alpha value is -1.77. The van der Waals surface area contributed by atoms with Gasteiger partial charge in [0.05, 0.1) is 5.56 Å². The molecule has 16 heavy (non-hydrogen) atoms. The van der Waals surface area contributed by atoms with Crippen molar-refractivity contribution >= 4 is 16.8 Å². The number of hydrogen-bond acceptors (Lipinski definition) is 1. The lowest BCUT2D eigenvalue weighted by molar-refractivity contribution is 0.0944. The molecule has 1 aromatic heterocycles. The molecule has 0 aliphatic rings. The lowest BCUT2D eigenvalue weighted by Crippen LogP contribution is -2.29. The third kappa shape index (κ3) is 1.81. The van der Waals surface area contributed by atoms with E-state index >= 15 is 0 Å². The fourth-order valence-electron chi connectivity index (χ4n) is 1.86. The van der Waals surface area contributed by atoms with Gasteiger partial charge in [0.2, 0.25) is 0 Å². The first-order valence-corrected chi connectivity index (χ1v) is 5.44. The van der Waals surface area contributed by atoms with E-state index in [1.54, 1.807) is 0 Å². The largest absolute Gasteiger partial charge is 0.350 e. The molecule has 3 heteroatoms. The molecular weight excluding hydrogens is 200 g/mol. The van der Waals surface area contributed by atoms with Crippen LogP contribution in [0.25, 0.3) is 10.9 Å². The molecule has 1 N–H and O–H groups in total. The second kappa shape index (κ2) is 4.00. The number of rotatable bonds is 2. The molecule has 0 saturated carbocycles. The number of hydrogen-bond donors (Lipinski definition) is 1. The number of aryl methyl sites for hydroxylation is 1. The van der Waals surface area contributed by atoms with Crippen molar-refractivity contribution in [1.82, 2.24) is 9.88 Å². The summed E-state index contributed by atoms with van der Waals surface area (Å²) in [6.45, 7) is 3.92. The highest BCUT2D eigenvalue weighted by Crippen LogP contribution is 2.20. The van der Waals surface area contributed by atoms with Gasteiger partial charge >= 0.3 is 0 Å². The maximum atomic E-state index is 12.0. The van der Waals surface area contributed by atoms with E-state index in [-0.39, 0.29) is 11.9 Å². The third-order valence-corrected chi connectivity index (χ3v) is 2.56. The molecule has 1 amide bonds. The molecule has 0 saturated heterocycles. The summed E-state index contributed by atoms with van der Waals surface area (Å²) < 4.78 is 1.98. The van der Waals surface area contributed by atoms with E-state index in [9.17, 15) is 4.79 Å². The molecule has 0 aliphatic heterocycles. The van der Waals surface area contributed by atoms with Crippen molar-refractivity contribution in [1.29, 1.82) is 0 Å². The average Bonchev–Trinajstić information content (AvgIpc) is 2.56. The minimum Gasteiger partial charge on any atom is -0.350 e. The van der Waals surface area contributed by atoms with Crippen LogP contribution in [0.5, 0.6) is 0 Å². The van der Waals surface area contributed by atoms with Gasteiger partial charge in [0.1, 0.15) is 0 Å². The Kier molecular flexibility index (Phi) is 2.69. The van der Waals surface area contributed by atoms with E-state index in [1.165, 1.54) is 0 Å². The zero-order chi connectivity index (χ0) is 11.7. The number of carbonyl (C=O) groups is 1. The van der Waals surface area contributed by atoms with Gasteiger partial charge in [-0.2, -0.15) is 0 Å².